The van der Waals surface area contributed by atoms with E-state index in [4.69, 9.17) is 31.5 Å². The smallest absolute Gasteiger partial charge is 0.164 e. The number of ether oxygens (including phenoxy) is 1. The Morgan fingerprint density at radius 3 is 2.09 bits per heavy atom. The van der Waals surface area contributed by atoms with E-state index in [0.29, 0.717) is 22.6 Å². The molecular formula is C49H31N3O2. The van der Waals surface area contributed by atoms with E-state index in [-0.39, 0.29) is 46.2 Å². The Hall–Kier alpha value is -7.11. The summed E-state index contributed by atoms with van der Waals surface area (Å²) in [6.45, 7) is 1.50. The number of nitrogens with zero attached hydrogens (tertiary/aromatic N) is 3. The van der Waals surface area contributed by atoms with Crippen molar-refractivity contribution < 1.29 is 21.5 Å². The first kappa shape index (κ1) is 22.7. The molecule has 7 aromatic carbocycles. The number of para-hydroxylation sites is 2. The van der Waals surface area contributed by atoms with Crippen molar-refractivity contribution in [1.82, 2.24) is 15.0 Å². The third-order valence-corrected chi connectivity index (χ3v) is 10.2. The molecule has 54 heavy (non-hydrogen) atoms. The molecule has 1 aliphatic heterocycles. The van der Waals surface area contributed by atoms with Gasteiger partial charge in [-0.15, -0.1) is 0 Å². The van der Waals surface area contributed by atoms with Crippen LogP contribution in [0.2, 0.25) is 0 Å². The lowest BCUT2D eigenvalue weighted by Crippen LogP contribution is -2.35. The summed E-state index contributed by atoms with van der Waals surface area (Å²) < 4.78 is 91.1. The first-order valence-electron chi connectivity index (χ1n) is 21.9. The van der Waals surface area contributed by atoms with Gasteiger partial charge < -0.3 is 9.15 Å². The number of aromatic nitrogens is 3. The molecule has 1 spiro atoms. The van der Waals surface area contributed by atoms with Crippen LogP contribution in [0.1, 0.15) is 51.3 Å². The van der Waals surface area contributed by atoms with E-state index in [9.17, 15) is 0 Å². The van der Waals surface area contributed by atoms with Gasteiger partial charge in [-0.25, -0.2) is 15.0 Å². The summed E-state index contributed by atoms with van der Waals surface area (Å²) in [6, 6.07) is 29.5. The molecule has 0 N–H and O–H groups in total. The minimum atomic E-state index is -1.04. The summed E-state index contributed by atoms with van der Waals surface area (Å²) in [5, 5.41) is 1.85. The maximum atomic E-state index is 9.01. The molecule has 0 saturated carbocycles. The van der Waals surface area contributed by atoms with Crippen LogP contribution in [0.4, 0.5) is 0 Å². The number of rotatable bonds is 3. The van der Waals surface area contributed by atoms with Gasteiger partial charge in [0.1, 0.15) is 22.7 Å². The van der Waals surface area contributed by atoms with Gasteiger partial charge in [-0.1, -0.05) is 139 Å². The Kier molecular flexibility index (Phi) is 4.93. The summed E-state index contributed by atoms with van der Waals surface area (Å²) in [4.78, 5) is 14.2. The highest BCUT2D eigenvalue weighted by Crippen LogP contribution is 2.59. The van der Waals surface area contributed by atoms with E-state index in [1.54, 1.807) is 0 Å². The van der Waals surface area contributed by atoms with Gasteiger partial charge in [0.05, 0.1) is 17.8 Å². The Morgan fingerprint density at radius 1 is 0.519 bits per heavy atom. The summed E-state index contributed by atoms with van der Waals surface area (Å²) in [6.07, 6.45) is 4.14. The SMILES string of the molecule is [2H]c1c([2H])c([2H])c(-c2nc(-c3ccc4c(c3)C3(c5ccccc5C=C4)c4ccccc4Oc4cc5c(cc43)oc3ccccc35)nc(-c3c([2H])c([2H])c([2H])c(C)c3[2H])n2)c([2H])c1[2H]. The number of hydrogen-bond donors (Lipinski definition) is 0. The van der Waals surface area contributed by atoms with E-state index < -0.39 is 47.7 Å². The third kappa shape index (κ3) is 4.55. The molecule has 0 fully saturated rings. The largest absolute Gasteiger partial charge is 0.457 e. The predicted octanol–water partition coefficient (Wildman–Crippen LogP) is 12.1. The second-order valence-electron chi connectivity index (χ2n) is 13.3. The van der Waals surface area contributed by atoms with Gasteiger partial charge in [-0.2, -0.15) is 0 Å². The zero-order valence-corrected chi connectivity index (χ0v) is 28.6. The van der Waals surface area contributed by atoms with E-state index in [2.05, 4.69) is 41.4 Å². The lowest BCUT2D eigenvalue weighted by molar-refractivity contribution is 0.435. The topological polar surface area (TPSA) is 61.0 Å². The summed E-state index contributed by atoms with van der Waals surface area (Å²) >= 11 is 0. The average molecular weight is 703 g/mol. The fourth-order valence-corrected chi connectivity index (χ4v) is 7.95. The molecular weight excluding hydrogens is 663 g/mol. The highest BCUT2D eigenvalue weighted by molar-refractivity contribution is 6.06. The van der Waals surface area contributed by atoms with Gasteiger partial charge in [0.15, 0.2) is 17.5 Å². The Labute approximate surface area is 324 Å². The molecule has 2 aliphatic rings. The Bertz CT molecular complexity index is 3390. The van der Waals surface area contributed by atoms with E-state index in [1.807, 2.05) is 78.9 Å². The summed E-state index contributed by atoms with van der Waals surface area (Å²) in [7, 11) is 0. The molecule has 3 heterocycles. The van der Waals surface area contributed by atoms with Gasteiger partial charge in [0.2, 0.25) is 0 Å². The molecule has 254 valence electrons. The monoisotopic (exact) mass is 702 g/mol. The second kappa shape index (κ2) is 11.7. The number of hydrogen-bond acceptors (Lipinski definition) is 5. The number of benzene rings is 7. The van der Waals surface area contributed by atoms with Crippen molar-refractivity contribution in [1.29, 1.82) is 0 Å². The lowest BCUT2D eigenvalue weighted by atomic mass is 9.62. The number of fused-ring (bicyclic) bond motifs is 11. The molecule has 2 aromatic heterocycles. The van der Waals surface area contributed by atoms with Crippen LogP contribution in [0.15, 0.2) is 162 Å². The number of furan rings is 1. The average Bonchev–Trinajstić information content (AvgIpc) is 3.59. The van der Waals surface area contributed by atoms with E-state index in [0.717, 1.165) is 49.7 Å². The molecule has 1 atom stereocenters. The normalized spacial score (nSPS) is 17.6. The van der Waals surface area contributed by atoms with Crippen molar-refractivity contribution >= 4 is 34.1 Å². The van der Waals surface area contributed by atoms with Gasteiger partial charge in [0, 0.05) is 38.6 Å². The molecule has 1 unspecified atom stereocenters. The summed E-state index contributed by atoms with van der Waals surface area (Å²) in [5.74, 6) is 0.803. The van der Waals surface area contributed by atoms with Gasteiger partial charge >= 0.3 is 0 Å². The van der Waals surface area contributed by atoms with Crippen molar-refractivity contribution in [3.63, 3.8) is 0 Å². The first-order chi connectivity index (χ1) is 30.4. The van der Waals surface area contributed by atoms with E-state index >= 15 is 0 Å². The van der Waals surface area contributed by atoms with Crippen molar-refractivity contribution in [3.05, 3.63) is 196 Å². The zero-order valence-electron chi connectivity index (χ0n) is 37.6. The molecule has 5 heteroatoms. The minimum absolute atomic E-state index is 0.0208. The van der Waals surface area contributed by atoms with Gasteiger partial charge in [0.25, 0.3) is 0 Å². The second-order valence-corrected chi connectivity index (χ2v) is 13.3. The highest BCUT2D eigenvalue weighted by atomic mass is 16.5. The van der Waals surface area contributed by atoms with Crippen LogP contribution in [-0.4, -0.2) is 15.0 Å². The molecule has 0 amide bonds. The predicted molar refractivity (Wildman–Crippen MR) is 215 cm³/mol. The van der Waals surface area contributed by atoms with Crippen LogP contribution in [0.5, 0.6) is 11.5 Å². The quantitative estimate of drug-likeness (QED) is 0.183. The van der Waals surface area contributed by atoms with Crippen LogP contribution in [0.25, 0.3) is 68.3 Å². The van der Waals surface area contributed by atoms with Crippen LogP contribution in [-0.2, 0) is 5.41 Å². The maximum absolute atomic E-state index is 9.01. The third-order valence-electron chi connectivity index (χ3n) is 10.2. The van der Waals surface area contributed by atoms with Crippen LogP contribution < -0.4 is 4.74 Å². The van der Waals surface area contributed by atoms with E-state index in [1.165, 1.54) is 6.92 Å². The zero-order chi connectivity index (χ0) is 43.6. The highest BCUT2D eigenvalue weighted by Gasteiger charge is 2.48. The molecule has 11 rings (SSSR count). The van der Waals surface area contributed by atoms with Gasteiger partial charge in [-0.3, -0.25) is 0 Å². The van der Waals surface area contributed by atoms with Crippen molar-refractivity contribution in [2.24, 2.45) is 0 Å². The standard InChI is InChI=1S/C49H31N3O2/c1-30-12-11-16-34(26-30)47-50-46(33-14-3-2-4-15-33)51-48(52-47)35-25-24-32-23-22-31-13-5-7-18-38(31)49(40(32)27-35)39-19-8-10-21-43(39)54-45-28-37-36-17-6-9-20-42(36)53-44(37)29-41(45)49/h2-29H,1H3/i2D,3D,4D,11D,12D,14D,15D,16D,26D. The fourth-order valence-electron chi connectivity index (χ4n) is 7.95. The van der Waals surface area contributed by atoms with Crippen molar-refractivity contribution in [2.75, 3.05) is 0 Å². The van der Waals surface area contributed by atoms with Crippen molar-refractivity contribution in [2.45, 2.75) is 12.3 Å². The van der Waals surface area contributed by atoms with Crippen LogP contribution in [0.3, 0.4) is 0 Å². The lowest BCUT2D eigenvalue weighted by Gasteiger charge is -2.42. The van der Waals surface area contributed by atoms with Crippen molar-refractivity contribution in [3.8, 4) is 45.7 Å². The molecule has 9 aromatic rings. The minimum Gasteiger partial charge on any atom is -0.457 e. The molecule has 0 bridgehead atoms. The fraction of sp³-hybridized carbons (Fsp3) is 0.0408. The molecule has 0 saturated heterocycles. The summed E-state index contributed by atoms with van der Waals surface area (Å²) in [5.41, 5.74) is 5.82. The Morgan fingerprint density at radius 2 is 1.22 bits per heavy atom. The molecule has 5 nitrogen and oxygen atoms in total. The molecule has 1 aliphatic carbocycles. The van der Waals surface area contributed by atoms with Gasteiger partial charge in [-0.05, 0) is 65.6 Å². The first-order valence-corrected chi connectivity index (χ1v) is 17.4. The van der Waals surface area contributed by atoms with Crippen LogP contribution in [0, 0.1) is 6.92 Å². The Balaban J connectivity index is 1.25. The molecule has 0 radical (unpaired) electrons. The van der Waals surface area contributed by atoms with Crippen LogP contribution >= 0.6 is 0 Å². The maximum Gasteiger partial charge on any atom is 0.164 e.